The van der Waals surface area contributed by atoms with Gasteiger partial charge in [-0.05, 0) is 48.5 Å². The summed E-state index contributed by atoms with van der Waals surface area (Å²) in [6.45, 7) is 0.608. The number of benzene rings is 2. The van der Waals surface area contributed by atoms with E-state index >= 15 is 0 Å². The Hall–Kier alpha value is -3.22. The summed E-state index contributed by atoms with van der Waals surface area (Å²) in [5, 5.41) is 2.79. The average Bonchev–Trinajstić information content (AvgIpc) is 3.07. The van der Waals surface area contributed by atoms with E-state index in [1.165, 1.54) is 4.90 Å². The SMILES string of the molecule is COc1ccc(C(=O)NCC2CN(c3ccc(OC)cc3)C(=O)O2)cc1. The largest absolute Gasteiger partial charge is 0.497 e. The van der Waals surface area contributed by atoms with Crippen molar-refractivity contribution in [3.63, 3.8) is 0 Å². The average molecular weight is 356 g/mol. The molecule has 1 aliphatic rings. The molecule has 1 unspecified atom stereocenters. The van der Waals surface area contributed by atoms with Crippen molar-refractivity contribution >= 4 is 17.7 Å². The molecule has 26 heavy (non-hydrogen) atoms. The molecule has 3 rings (SSSR count). The van der Waals surface area contributed by atoms with Crippen LogP contribution in [0.15, 0.2) is 48.5 Å². The van der Waals surface area contributed by atoms with Gasteiger partial charge in [-0.1, -0.05) is 0 Å². The number of ether oxygens (including phenoxy) is 3. The van der Waals surface area contributed by atoms with Gasteiger partial charge in [0.1, 0.15) is 17.6 Å². The Morgan fingerprint density at radius 3 is 2.23 bits per heavy atom. The van der Waals surface area contributed by atoms with E-state index in [1.807, 2.05) is 0 Å². The summed E-state index contributed by atoms with van der Waals surface area (Å²) in [5.74, 6) is 1.16. The predicted molar refractivity (Wildman–Crippen MR) is 95.9 cm³/mol. The summed E-state index contributed by atoms with van der Waals surface area (Å²) < 4.78 is 15.5. The van der Waals surface area contributed by atoms with Crippen molar-refractivity contribution in [2.75, 3.05) is 32.2 Å². The van der Waals surface area contributed by atoms with E-state index in [0.717, 1.165) is 5.69 Å². The van der Waals surface area contributed by atoms with Gasteiger partial charge in [-0.3, -0.25) is 9.69 Å². The summed E-state index contributed by atoms with van der Waals surface area (Å²) >= 11 is 0. The van der Waals surface area contributed by atoms with Gasteiger partial charge in [0.15, 0.2) is 0 Å². The smallest absolute Gasteiger partial charge is 0.414 e. The van der Waals surface area contributed by atoms with Crippen LogP contribution in [0.25, 0.3) is 0 Å². The summed E-state index contributed by atoms with van der Waals surface area (Å²) in [6.07, 6.45) is -0.842. The van der Waals surface area contributed by atoms with Crippen molar-refractivity contribution in [3.8, 4) is 11.5 Å². The fourth-order valence-corrected chi connectivity index (χ4v) is 2.65. The van der Waals surface area contributed by atoms with Crippen LogP contribution in [0.3, 0.4) is 0 Å². The lowest BCUT2D eigenvalue weighted by molar-refractivity contribution is 0.0916. The number of nitrogens with zero attached hydrogens (tertiary/aromatic N) is 1. The van der Waals surface area contributed by atoms with E-state index in [-0.39, 0.29) is 12.5 Å². The summed E-state index contributed by atoms with van der Waals surface area (Å²) in [6, 6.07) is 13.9. The maximum atomic E-state index is 12.2. The standard InChI is InChI=1S/C19H20N2O5/c1-24-15-7-3-13(4-8-15)18(22)20-11-17-12-21(19(23)26-17)14-5-9-16(25-2)10-6-14/h3-10,17H,11-12H2,1-2H3,(H,20,22). The molecule has 7 heteroatoms. The van der Waals surface area contributed by atoms with Crippen LogP contribution >= 0.6 is 0 Å². The van der Waals surface area contributed by atoms with Gasteiger partial charge in [0.05, 0.1) is 27.3 Å². The van der Waals surface area contributed by atoms with Crippen LogP contribution in [-0.4, -0.2) is 45.4 Å². The van der Waals surface area contributed by atoms with Gasteiger partial charge in [-0.2, -0.15) is 0 Å². The van der Waals surface area contributed by atoms with Crippen molar-refractivity contribution in [1.29, 1.82) is 0 Å². The predicted octanol–water partition coefficient (Wildman–Crippen LogP) is 2.46. The summed E-state index contributed by atoms with van der Waals surface area (Å²) in [5.41, 5.74) is 1.24. The molecule has 1 N–H and O–H groups in total. The number of hydrogen-bond donors (Lipinski definition) is 1. The third-order valence-electron chi connectivity index (χ3n) is 4.10. The Morgan fingerprint density at radius 2 is 1.65 bits per heavy atom. The lowest BCUT2D eigenvalue weighted by Gasteiger charge is -2.13. The Bertz CT molecular complexity index is 774. The molecule has 0 spiro atoms. The molecule has 0 aliphatic carbocycles. The van der Waals surface area contributed by atoms with E-state index in [0.29, 0.717) is 23.6 Å². The van der Waals surface area contributed by atoms with E-state index in [9.17, 15) is 9.59 Å². The lowest BCUT2D eigenvalue weighted by atomic mass is 10.2. The molecule has 0 aromatic heterocycles. The number of methoxy groups -OCH3 is 2. The molecule has 0 saturated carbocycles. The number of hydrogen-bond acceptors (Lipinski definition) is 5. The first-order valence-electron chi connectivity index (χ1n) is 8.15. The summed E-state index contributed by atoms with van der Waals surface area (Å²) in [4.78, 5) is 25.8. The van der Waals surface area contributed by atoms with Crippen LogP contribution in [0.2, 0.25) is 0 Å². The Balaban J connectivity index is 1.55. The molecule has 0 bridgehead atoms. The van der Waals surface area contributed by atoms with Crippen molar-refractivity contribution in [3.05, 3.63) is 54.1 Å². The number of nitrogens with one attached hydrogen (secondary N) is 1. The number of anilines is 1. The van der Waals surface area contributed by atoms with Gasteiger partial charge in [-0.15, -0.1) is 0 Å². The second kappa shape index (κ2) is 7.77. The number of amides is 2. The third kappa shape index (κ3) is 3.88. The van der Waals surface area contributed by atoms with Crippen LogP contribution in [0.4, 0.5) is 10.5 Å². The minimum Gasteiger partial charge on any atom is -0.497 e. The number of carbonyl (C=O) groups is 2. The van der Waals surface area contributed by atoms with Crippen LogP contribution in [0.1, 0.15) is 10.4 Å². The second-order valence-corrected chi connectivity index (χ2v) is 5.75. The number of rotatable bonds is 6. The number of cyclic esters (lactones) is 1. The highest BCUT2D eigenvalue weighted by Gasteiger charge is 2.32. The molecule has 0 radical (unpaired) electrons. The minimum absolute atomic E-state index is 0.230. The monoisotopic (exact) mass is 356 g/mol. The van der Waals surface area contributed by atoms with Crippen LogP contribution < -0.4 is 19.7 Å². The maximum Gasteiger partial charge on any atom is 0.414 e. The third-order valence-corrected chi connectivity index (χ3v) is 4.10. The minimum atomic E-state index is -0.432. The molecule has 1 saturated heterocycles. The Morgan fingerprint density at radius 1 is 1.08 bits per heavy atom. The van der Waals surface area contributed by atoms with Crippen LogP contribution in [0, 0.1) is 0 Å². The van der Waals surface area contributed by atoms with Crippen molar-refractivity contribution in [2.45, 2.75) is 6.10 Å². The molecule has 136 valence electrons. The molecular formula is C19H20N2O5. The molecular weight excluding hydrogens is 336 g/mol. The molecule has 1 atom stereocenters. The van der Waals surface area contributed by atoms with Crippen molar-refractivity contribution in [2.24, 2.45) is 0 Å². The molecule has 1 fully saturated rings. The fourth-order valence-electron chi connectivity index (χ4n) is 2.65. The van der Waals surface area contributed by atoms with Gasteiger partial charge in [0.25, 0.3) is 5.91 Å². The van der Waals surface area contributed by atoms with Gasteiger partial charge < -0.3 is 19.5 Å². The van der Waals surface area contributed by atoms with Gasteiger partial charge >= 0.3 is 6.09 Å². The summed E-state index contributed by atoms with van der Waals surface area (Å²) in [7, 11) is 3.15. The molecule has 2 amide bonds. The van der Waals surface area contributed by atoms with Crippen LogP contribution in [0.5, 0.6) is 11.5 Å². The highest BCUT2D eigenvalue weighted by molar-refractivity contribution is 5.94. The zero-order chi connectivity index (χ0) is 18.5. The zero-order valence-electron chi connectivity index (χ0n) is 14.6. The second-order valence-electron chi connectivity index (χ2n) is 5.75. The molecule has 2 aromatic carbocycles. The van der Waals surface area contributed by atoms with Crippen molar-refractivity contribution in [1.82, 2.24) is 5.32 Å². The Labute approximate surface area is 151 Å². The first-order valence-corrected chi connectivity index (χ1v) is 8.15. The van der Waals surface area contributed by atoms with Gasteiger partial charge in [-0.25, -0.2) is 4.79 Å². The molecule has 1 aliphatic heterocycles. The zero-order valence-corrected chi connectivity index (χ0v) is 14.6. The maximum absolute atomic E-state index is 12.2. The van der Waals surface area contributed by atoms with E-state index < -0.39 is 12.2 Å². The van der Waals surface area contributed by atoms with Crippen LogP contribution in [-0.2, 0) is 4.74 Å². The quantitative estimate of drug-likeness (QED) is 0.860. The lowest BCUT2D eigenvalue weighted by Crippen LogP contribution is -2.34. The highest BCUT2D eigenvalue weighted by atomic mass is 16.6. The normalized spacial score (nSPS) is 16.2. The van der Waals surface area contributed by atoms with E-state index in [2.05, 4.69) is 5.32 Å². The molecule has 2 aromatic rings. The topological polar surface area (TPSA) is 77.1 Å². The fraction of sp³-hybridized carbons (Fsp3) is 0.263. The highest BCUT2D eigenvalue weighted by Crippen LogP contribution is 2.24. The van der Waals surface area contributed by atoms with Gasteiger partial charge in [0.2, 0.25) is 0 Å². The first kappa shape index (κ1) is 17.6. The Kier molecular flexibility index (Phi) is 5.26. The molecule has 1 heterocycles. The van der Waals surface area contributed by atoms with Crippen molar-refractivity contribution < 1.29 is 23.8 Å². The van der Waals surface area contributed by atoms with E-state index in [1.54, 1.807) is 62.8 Å². The first-order chi connectivity index (χ1) is 12.6. The van der Waals surface area contributed by atoms with E-state index in [4.69, 9.17) is 14.2 Å². The molecule has 7 nitrogen and oxygen atoms in total. The van der Waals surface area contributed by atoms with Gasteiger partial charge in [0, 0.05) is 11.3 Å². The number of carbonyl (C=O) groups excluding carboxylic acids is 2.